The summed E-state index contributed by atoms with van der Waals surface area (Å²) < 4.78 is 20.9. The molecule has 10 nitrogen and oxygen atoms in total. The molecule has 0 bridgehead atoms. The van der Waals surface area contributed by atoms with Crippen LogP contribution < -0.4 is 16.0 Å². The SMILES string of the molecule is C#CCOCCOCCNC(=O)CCC(CCC)(CCC(=O)NCCOCCOCC#C)NC=O. The number of carbonyl (C=O) groups excluding carboxylic acids is 3. The van der Waals surface area contributed by atoms with Gasteiger partial charge < -0.3 is 34.9 Å². The number of carbonyl (C=O) groups is 3. The van der Waals surface area contributed by atoms with Crippen LogP contribution in [0.5, 0.6) is 0 Å². The molecule has 0 aliphatic heterocycles. The Kier molecular flexibility index (Phi) is 21.4. The predicted octanol–water partition coefficient (Wildman–Crippen LogP) is 0.397. The van der Waals surface area contributed by atoms with Crippen molar-refractivity contribution in [2.75, 3.05) is 65.9 Å². The van der Waals surface area contributed by atoms with Gasteiger partial charge in [-0.25, -0.2) is 0 Å². The average molecular weight is 496 g/mol. The summed E-state index contributed by atoms with van der Waals surface area (Å²) in [4.78, 5) is 35.8. The maximum Gasteiger partial charge on any atom is 0.220 e. The second-order valence-electron chi connectivity index (χ2n) is 7.73. The standard InChI is InChI=1S/C25H41N3O7/c1-4-9-25(28-22-29,10-7-23(30)26-12-16-34-20-18-32-14-5-2)11-8-24(31)27-13-17-35-21-19-33-15-6-3/h2-3,22H,4,7-21H2,1H3,(H,26,30)(H,27,31)(H,28,29). The Morgan fingerprint density at radius 3 is 1.63 bits per heavy atom. The van der Waals surface area contributed by atoms with E-state index in [-0.39, 0.29) is 37.9 Å². The molecule has 0 radical (unpaired) electrons. The van der Waals surface area contributed by atoms with Crippen LogP contribution in [0.25, 0.3) is 0 Å². The fourth-order valence-corrected chi connectivity index (χ4v) is 3.30. The van der Waals surface area contributed by atoms with E-state index in [1.54, 1.807) is 0 Å². The van der Waals surface area contributed by atoms with Crippen molar-refractivity contribution >= 4 is 18.2 Å². The summed E-state index contributed by atoms with van der Waals surface area (Å²) in [7, 11) is 0. The fourth-order valence-electron chi connectivity index (χ4n) is 3.30. The number of terminal acetylenes is 2. The summed E-state index contributed by atoms with van der Waals surface area (Å²) in [6.07, 6.45) is 13.6. The first-order valence-electron chi connectivity index (χ1n) is 12.0. The number of amides is 3. The highest BCUT2D eigenvalue weighted by Crippen LogP contribution is 2.25. The van der Waals surface area contributed by atoms with Gasteiger partial charge in [0, 0.05) is 31.5 Å². The molecule has 0 aliphatic carbocycles. The molecule has 0 heterocycles. The lowest BCUT2D eigenvalue weighted by Crippen LogP contribution is -2.46. The second kappa shape index (κ2) is 23.1. The minimum absolute atomic E-state index is 0.141. The van der Waals surface area contributed by atoms with Crippen LogP contribution in [0, 0.1) is 24.7 Å². The van der Waals surface area contributed by atoms with E-state index in [9.17, 15) is 14.4 Å². The van der Waals surface area contributed by atoms with Gasteiger partial charge in [0.2, 0.25) is 18.2 Å². The summed E-state index contributed by atoms with van der Waals surface area (Å²) in [6.45, 7) is 5.55. The molecule has 0 atom stereocenters. The van der Waals surface area contributed by atoms with Gasteiger partial charge in [0.15, 0.2) is 0 Å². The van der Waals surface area contributed by atoms with E-state index in [1.165, 1.54) is 0 Å². The first-order valence-corrected chi connectivity index (χ1v) is 12.0. The van der Waals surface area contributed by atoms with Crippen LogP contribution in [0.4, 0.5) is 0 Å². The Morgan fingerprint density at radius 2 is 1.23 bits per heavy atom. The van der Waals surface area contributed by atoms with Crippen molar-refractivity contribution in [1.82, 2.24) is 16.0 Å². The molecular weight excluding hydrogens is 454 g/mol. The van der Waals surface area contributed by atoms with Gasteiger partial charge in [-0.15, -0.1) is 12.8 Å². The van der Waals surface area contributed by atoms with E-state index in [1.807, 2.05) is 6.92 Å². The number of nitrogens with one attached hydrogen (secondary N) is 3. The molecule has 0 aromatic heterocycles. The van der Waals surface area contributed by atoms with Crippen LogP contribution >= 0.6 is 0 Å². The Morgan fingerprint density at radius 1 is 0.771 bits per heavy atom. The monoisotopic (exact) mass is 495 g/mol. The van der Waals surface area contributed by atoms with Gasteiger partial charge >= 0.3 is 0 Å². The van der Waals surface area contributed by atoms with Crippen LogP contribution in [0.3, 0.4) is 0 Å². The number of rotatable bonds is 24. The summed E-state index contributed by atoms with van der Waals surface area (Å²) >= 11 is 0. The van der Waals surface area contributed by atoms with Crippen LogP contribution in [0.2, 0.25) is 0 Å². The molecule has 0 aliphatic rings. The first kappa shape index (κ1) is 32.4. The Balaban J connectivity index is 4.27. The van der Waals surface area contributed by atoms with Crippen molar-refractivity contribution in [3.63, 3.8) is 0 Å². The molecule has 0 aromatic carbocycles. The highest BCUT2D eigenvalue weighted by atomic mass is 16.5. The summed E-state index contributed by atoms with van der Waals surface area (Å²) in [5.74, 6) is 4.45. The van der Waals surface area contributed by atoms with Crippen molar-refractivity contribution in [2.45, 2.75) is 51.0 Å². The third-order valence-corrected chi connectivity index (χ3v) is 5.01. The Labute approximate surface area is 209 Å². The molecule has 3 N–H and O–H groups in total. The third kappa shape index (κ3) is 19.4. The van der Waals surface area contributed by atoms with Gasteiger partial charge in [-0.1, -0.05) is 25.2 Å². The molecular formula is C25H41N3O7. The summed E-state index contributed by atoms with van der Waals surface area (Å²) in [5, 5.41) is 8.46. The molecule has 0 spiro atoms. The van der Waals surface area contributed by atoms with E-state index in [2.05, 4.69) is 27.8 Å². The summed E-state index contributed by atoms with van der Waals surface area (Å²) in [5.41, 5.74) is -0.624. The molecule has 3 amide bonds. The van der Waals surface area contributed by atoms with E-state index in [0.29, 0.717) is 78.4 Å². The van der Waals surface area contributed by atoms with Crippen LogP contribution in [0.1, 0.15) is 45.4 Å². The minimum Gasteiger partial charge on any atom is -0.377 e. The first-order chi connectivity index (χ1) is 17.0. The highest BCUT2D eigenvalue weighted by molar-refractivity contribution is 5.76. The van der Waals surface area contributed by atoms with Gasteiger partial charge in [0.1, 0.15) is 13.2 Å². The molecule has 0 rings (SSSR count). The highest BCUT2D eigenvalue weighted by Gasteiger charge is 2.29. The van der Waals surface area contributed by atoms with E-state index < -0.39 is 5.54 Å². The Bertz CT molecular complexity index is 612. The normalized spacial score (nSPS) is 10.7. The molecule has 0 unspecified atom stereocenters. The van der Waals surface area contributed by atoms with E-state index in [0.717, 1.165) is 6.42 Å². The van der Waals surface area contributed by atoms with Crippen LogP contribution in [-0.2, 0) is 33.3 Å². The lowest BCUT2D eigenvalue weighted by atomic mass is 9.83. The number of hydrogen-bond donors (Lipinski definition) is 3. The van der Waals surface area contributed by atoms with Crippen molar-refractivity contribution in [3.05, 3.63) is 0 Å². The van der Waals surface area contributed by atoms with E-state index >= 15 is 0 Å². The second-order valence-corrected chi connectivity index (χ2v) is 7.73. The van der Waals surface area contributed by atoms with Gasteiger partial charge in [-0.05, 0) is 19.3 Å². The molecule has 198 valence electrons. The predicted molar refractivity (Wildman–Crippen MR) is 132 cm³/mol. The fraction of sp³-hybridized carbons (Fsp3) is 0.720. The van der Waals surface area contributed by atoms with Crippen molar-refractivity contribution in [2.24, 2.45) is 0 Å². The zero-order valence-corrected chi connectivity index (χ0v) is 20.9. The molecule has 10 heteroatoms. The van der Waals surface area contributed by atoms with Gasteiger partial charge in [-0.3, -0.25) is 14.4 Å². The van der Waals surface area contributed by atoms with Gasteiger partial charge in [0.25, 0.3) is 0 Å². The molecule has 35 heavy (non-hydrogen) atoms. The maximum atomic E-state index is 12.3. The minimum atomic E-state index is -0.624. The lowest BCUT2D eigenvalue weighted by Gasteiger charge is -2.33. The van der Waals surface area contributed by atoms with Crippen LogP contribution in [0.15, 0.2) is 0 Å². The quantitative estimate of drug-likeness (QED) is 0.101. The molecule has 0 saturated heterocycles. The summed E-state index contributed by atoms with van der Waals surface area (Å²) in [6, 6.07) is 0. The zero-order chi connectivity index (χ0) is 26.0. The molecule has 0 fully saturated rings. The van der Waals surface area contributed by atoms with Crippen LogP contribution in [-0.4, -0.2) is 89.7 Å². The number of hydrogen-bond acceptors (Lipinski definition) is 7. The topological polar surface area (TPSA) is 124 Å². The number of ether oxygens (including phenoxy) is 4. The Hall–Kier alpha value is -2.63. The lowest BCUT2D eigenvalue weighted by molar-refractivity contribution is -0.122. The van der Waals surface area contributed by atoms with Gasteiger partial charge in [-0.2, -0.15) is 0 Å². The average Bonchev–Trinajstić information content (AvgIpc) is 2.85. The maximum absolute atomic E-state index is 12.3. The smallest absolute Gasteiger partial charge is 0.220 e. The third-order valence-electron chi connectivity index (χ3n) is 5.01. The van der Waals surface area contributed by atoms with Crippen molar-refractivity contribution < 1.29 is 33.3 Å². The molecule has 0 saturated carbocycles. The zero-order valence-electron chi connectivity index (χ0n) is 20.9. The van der Waals surface area contributed by atoms with Crippen molar-refractivity contribution in [1.29, 1.82) is 0 Å². The van der Waals surface area contributed by atoms with Crippen molar-refractivity contribution in [3.8, 4) is 24.7 Å². The largest absolute Gasteiger partial charge is 0.377 e. The van der Waals surface area contributed by atoms with E-state index in [4.69, 9.17) is 31.8 Å². The van der Waals surface area contributed by atoms with Gasteiger partial charge in [0.05, 0.1) is 39.6 Å². The molecule has 0 aromatic rings.